The smallest absolute Gasteiger partial charge is 0.266 e. The SMILES string of the molecule is CC1CCN(C(=O)Cn2cnc3c(c(Br)nn3C)c2=O)c2ccccc2S1. The van der Waals surface area contributed by atoms with Crippen molar-refractivity contribution in [1.29, 1.82) is 0 Å². The van der Waals surface area contributed by atoms with Crippen LogP contribution in [-0.2, 0) is 18.4 Å². The Morgan fingerprint density at radius 2 is 2.15 bits per heavy atom. The van der Waals surface area contributed by atoms with Crippen molar-refractivity contribution in [2.75, 3.05) is 11.4 Å². The maximum absolute atomic E-state index is 13.1. The minimum absolute atomic E-state index is 0.0590. The summed E-state index contributed by atoms with van der Waals surface area (Å²) in [6.07, 6.45) is 2.31. The number of para-hydroxylation sites is 1. The lowest BCUT2D eigenvalue weighted by atomic mass is 10.2. The number of benzene rings is 1. The molecular formula is C18H18BrN5O2S. The van der Waals surface area contributed by atoms with Crippen molar-refractivity contribution < 1.29 is 4.79 Å². The van der Waals surface area contributed by atoms with Gasteiger partial charge < -0.3 is 4.90 Å². The second-order valence-corrected chi connectivity index (χ2v) is 8.75. The number of carbonyl (C=O) groups excluding carboxylic acids is 1. The van der Waals surface area contributed by atoms with Crippen molar-refractivity contribution in [3.05, 3.63) is 45.5 Å². The minimum atomic E-state index is -0.279. The highest BCUT2D eigenvalue weighted by molar-refractivity contribution is 9.10. The second-order valence-electron chi connectivity index (χ2n) is 6.52. The van der Waals surface area contributed by atoms with E-state index in [-0.39, 0.29) is 18.0 Å². The Morgan fingerprint density at radius 1 is 1.37 bits per heavy atom. The van der Waals surface area contributed by atoms with E-state index in [0.717, 1.165) is 17.0 Å². The van der Waals surface area contributed by atoms with Crippen molar-refractivity contribution in [1.82, 2.24) is 19.3 Å². The number of fused-ring (bicyclic) bond motifs is 2. The first-order valence-corrected chi connectivity index (χ1v) is 10.3. The summed E-state index contributed by atoms with van der Waals surface area (Å²) in [6, 6.07) is 7.91. The molecular weight excluding hydrogens is 430 g/mol. The van der Waals surface area contributed by atoms with E-state index in [1.807, 2.05) is 24.3 Å². The maximum atomic E-state index is 13.1. The van der Waals surface area contributed by atoms with E-state index < -0.39 is 0 Å². The first kappa shape index (κ1) is 18.2. The molecule has 1 atom stereocenters. The fourth-order valence-corrected chi connectivity index (χ4v) is 4.92. The summed E-state index contributed by atoms with van der Waals surface area (Å²) in [6.45, 7) is 2.74. The zero-order valence-corrected chi connectivity index (χ0v) is 17.3. The van der Waals surface area contributed by atoms with Gasteiger partial charge in [-0.1, -0.05) is 19.1 Å². The van der Waals surface area contributed by atoms with Crippen molar-refractivity contribution in [2.24, 2.45) is 7.05 Å². The van der Waals surface area contributed by atoms with Crippen molar-refractivity contribution in [3.8, 4) is 0 Å². The van der Waals surface area contributed by atoms with E-state index in [2.05, 4.69) is 32.9 Å². The molecule has 3 heterocycles. The monoisotopic (exact) mass is 447 g/mol. The molecule has 1 aromatic carbocycles. The van der Waals surface area contributed by atoms with Gasteiger partial charge >= 0.3 is 0 Å². The molecule has 1 aliphatic heterocycles. The highest BCUT2D eigenvalue weighted by Gasteiger charge is 2.25. The van der Waals surface area contributed by atoms with E-state index in [0.29, 0.717) is 27.4 Å². The molecule has 1 amide bonds. The molecule has 0 spiro atoms. The molecule has 9 heteroatoms. The summed E-state index contributed by atoms with van der Waals surface area (Å²) in [7, 11) is 1.72. The molecule has 0 aliphatic carbocycles. The quantitative estimate of drug-likeness (QED) is 0.603. The summed E-state index contributed by atoms with van der Waals surface area (Å²) in [5.41, 5.74) is 1.11. The molecule has 3 aromatic rings. The summed E-state index contributed by atoms with van der Waals surface area (Å²) >= 11 is 5.08. The Bertz CT molecular complexity index is 1090. The van der Waals surface area contributed by atoms with E-state index >= 15 is 0 Å². The molecule has 7 nitrogen and oxygen atoms in total. The number of anilines is 1. The molecule has 1 aliphatic rings. The first-order valence-electron chi connectivity index (χ1n) is 8.59. The third kappa shape index (κ3) is 3.29. The number of thioether (sulfide) groups is 1. The predicted octanol–water partition coefficient (Wildman–Crippen LogP) is 2.81. The third-order valence-corrected chi connectivity index (χ3v) is 6.41. The molecule has 0 fully saturated rings. The largest absolute Gasteiger partial charge is 0.310 e. The molecule has 0 bridgehead atoms. The Morgan fingerprint density at radius 3 is 2.96 bits per heavy atom. The van der Waals surface area contributed by atoms with Crippen LogP contribution >= 0.6 is 27.7 Å². The Hall–Kier alpha value is -2.13. The predicted molar refractivity (Wildman–Crippen MR) is 109 cm³/mol. The number of aryl methyl sites for hydroxylation is 1. The normalized spacial score (nSPS) is 17.0. The van der Waals surface area contributed by atoms with Crippen LogP contribution in [0.5, 0.6) is 0 Å². The lowest BCUT2D eigenvalue weighted by molar-refractivity contribution is -0.119. The third-order valence-electron chi connectivity index (χ3n) is 4.62. The topological polar surface area (TPSA) is 73.0 Å². The molecule has 0 saturated heterocycles. The van der Waals surface area contributed by atoms with Crippen LogP contribution in [0.1, 0.15) is 13.3 Å². The number of rotatable bonds is 2. The van der Waals surface area contributed by atoms with Gasteiger partial charge in [0.05, 0.1) is 5.69 Å². The van der Waals surface area contributed by atoms with E-state index in [1.165, 1.54) is 15.6 Å². The van der Waals surface area contributed by atoms with Gasteiger partial charge in [0, 0.05) is 23.7 Å². The fourth-order valence-electron chi connectivity index (χ4n) is 3.23. The van der Waals surface area contributed by atoms with E-state index in [9.17, 15) is 9.59 Å². The summed E-state index contributed by atoms with van der Waals surface area (Å²) in [5, 5.41) is 4.98. The van der Waals surface area contributed by atoms with Crippen LogP contribution in [-0.4, -0.2) is 37.0 Å². The number of amides is 1. The molecule has 0 N–H and O–H groups in total. The first-order chi connectivity index (χ1) is 13.0. The highest BCUT2D eigenvalue weighted by Crippen LogP contribution is 2.37. The van der Waals surface area contributed by atoms with E-state index in [1.54, 1.807) is 23.7 Å². The van der Waals surface area contributed by atoms with Gasteiger partial charge in [0.15, 0.2) is 5.65 Å². The number of halogens is 1. The van der Waals surface area contributed by atoms with Gasteiger partial charge in [-0.25, -0.2) is 9.67 Å². The Balaban J connectivity index is 1.69. The maximum Gasteiger partial charge on any atom is 0.266 e. The molecule has 140 valence electrons. The molecule has 4 rings (SSSR count). The highest BCUT2D eigenvalue weighted by atomic mass is 79.9. The van der Waals surface area contributed by atoms with Gasteiger partial charge in [-0.05, 0) is 34.5 Å². The number of hydrogen-bond acceptors (Lipinski definition) is 5. The lowest BCUT2D eigenvalue weighted by Gasteiger charge is -2.22. The van der Waals surface area contributed by atoms with Crippen molar-refractivity contribution in [2.45, 2.75) is 30.0 Å². The lowest BCUT2D eigenvalue weighted by Crippen LogP contribution is -2.37. The summed E-state index contributed by atoms with van der Waals surface area (Å²) in [5.74, 6) is -0.125. The van der Waals surface area contributed by atoms with Crippen molar-refractivity contribution >= 4 is 50.3 Å². The van der Waals surface area contributed by atoms with Crippen LogP contribution in [0.4, 0.5) is 5.69 Å². The van der Waals surface area contributed by atoms with Crippen LogP contribution in [0.3, 0.4) is 0 Å². The van der Waals surface area contributed by atoms with Crippen molar-refractivity contribution in [3.63, 3.8) is 0 Å². The fraction of sp³-hybridized carbons (Fsp3) is 0.333. The van der Waals surface area contributed by atoms with Crippen LogP contribution < -0.4 is 10.5 Å². The van der Waals surface area contributed by atoms with Crippen LogP contribution in [0, 0.1) is 0 Å². The van der Waals surface area contributed by atoms with Gasteiger partial charge in [-0.2, -0.15) is 5.10 Å². The van der Waals surface area contributed by atoms with Gasteiger partial charge in [0.25, 0.3) is 5.56 Å². The van der Waals surface area contributed by atoms with Gasteiger partial charge in [0.1, 0.15) is 22.9 Å². The average molecular weight is 448 g/mol. The average Bonchev–Trinajstić information content (AvgIpc) is 2.82. The Kier molecular flexibility index (Phi) is 4.81. The molecule has 27 heavy (non-hydrogen) atoms. The number of nitrogens with zero attached hydrogens (tertiary/aromatic N) is 5. The molecule has 0 radical (unpaired) electrons. The van der Waals surface area contributed by atoms with Crippen LogP contribution in [0.2, 0.25) is 0 Å². The zero-order valence-electron chi connectivity index (χ0n) is 14.9. The summed E-state index contributed by atoms with van der Waals surface area (Å²) < 4.78 is 3.32. The van der Waals surface area contributed by atoms with Gasteiger partial charge in [-0.15, -0.1) is 11.8 Å². The number of carbonyl (C=O) groups is 1. The van der Waals surface area contributed by atoms with E-state index in [4.69, 9.17) is 0 Å². The molecule has 1 unspecified atom stereocenters. The summed E-state index contributed by atoms with van der Waals surface area (Å²) in [4.78, 5) is 33.0. The number of hydrogen-bond donors (Lipinski definition) is 0. The number of aromatic nitrogens is 4. The van der Waals surface area contributed by atoms with Crippen LogP contribution in [0.25, 0.3) is 11.0 Å². The zero-order chi connectivity index (χ0) is 19.1. The van der Waals surface area contributed by atoms with Gasteiger partial charge in [-0.3, -0.25) is 14.2 Å². The standard InChI is InChI=1S/C18H18BrN5O2S/c1-11-7-8-24(12-5-3-4-6-13(12)27-11)14(25)9-23-10-20-17-15(18(23)26)16(19)21-22(17)2/h3-6,10-11H,7-9H2,1-2H3. The second kappa shape index (κ2) is 7.12. The minimum Gasteiger partial charge on any atom is -0.310 e. The Labute approximate surface area is 168 Å². The molecule has 2 aromatic heterocycles. The van der Waals surface area contributed by atoms with Crippen LogP contribution in [0.15, 0.2) is 44.9 Å². The molecule has 0 saturated carbocycles. The van der Waals surface area contributed by atoms with Gasteiger partial charge in [0.2, 0.25) is 5.91 Å².